The third kappa shape index (κ3) is 9.70. The van der Waals surface area contributed by atoms with Crippen LogP contribution in [0.25, 0.3) is 0 Å². The number of carbonyl (C=O) groups excluding carboxylic acids is 4. The summed E-state index contributed by atoms with van der Waals surface area (Å²) in [4.78, 5) is 48.2. The Hall–Kier alpha value is -2.94. The Morgan fingerprint density at radius 3 is 2.17 bits per heavy atom. The number of hydrogen-bond donors (Lipinski definition) is 4. The molecule has 29 heavy (non-hydrogen) atoms. The highest BCUT2D eigenvalue weighted by atomic mass is 16.6. The first-order valence-electron chi connectivity index (χ1n) is 9.36. The molecule has 1 aromatic carbocycles. The summed E-state index contributed by atoms with van der Waals surface area (Å²) >= 11 is 0. The van der Waals surface area contributed by atoms with Crippen LogP contribution in [0.5, 0.6) is 0 Å². The van der Waals surface area contributed by atoms with Crippen LogP contribution in [-0.2, 0) is 30.3 Å². The second-order valence-electron chi connectivity index (χ2n) is 7.61. The minimum atomic E-state index is -1.08. The van der Waals surface area contributed by atoms with Crippen LogP contribution in [0.15, 0.2) is 30.3 Å². The Kier molecular flexibility index (Phi) is 9.27. The number of carbonyl (C=O) groups is 4. The summed E-state index contributed by atoms with van der Waals surface area (Å²) in [6.45, 7) is 4.79. The Balaban J connectivity index is 2.97. The number of rotatable bonds is 10. The first kappa shape index (κ1) is 24.1. The summed E-state index contributed by atoms with van der Waals surface area (Å²) in [5.41, 5.74) is 10.6. The number of primary amides is 1. The standard InChI is InChI=1S/C20H30N4O5/c1-20(2,3)29-19(28)14(9-10-16(22)25)24-18(27)15(23-17(26)12-21)11-13-7-5-4-6-8-13/h4-8,14-15H,9-12,21H2,1-3H3,(H2,22,25)(H,23,26)(H,24,27)/t14-,15-/m0/s1. The van der Waals surface area contributed by atoms with Gasteiger partial charge in [-0.1, -0.05) is 30.3 Å². The van der Waals surface area contributed by atoms with Crippen LogP contribution in [0.1, 0.15) is 39.2 Å². The van der Waals surface area contributed by atoms with Crippen LogP contribution in [0, 0.1) is 0 Å². The van der Waals surface area contributed by atoms with Gasteiger partial charge in [0.25, 0.3) is 0 Å². The van der Waals surface area contributed by atoms with E-state index < -0.39 is 41.4 Å². The second-order valence-corrected chi connectivity index (χ2v) is 7.61. The number of esters is 1. The molecule has 160 valence electrons. The van der Waals surface area contributed by atoms with Gasteiger partial charge in [0.2, 0.25) is 17.7 Å². The van der Waals surface area contributed by atoms with E-state index in [0.29, 0.717) is 0 Å². The van der Waals surface area contributed by atoms with Crippen molar-refractivity contribution in [2.24, 2.45) is 11.5 Å². The van der Waals surface area contributed by atoms with Gasteiger partial charge in [-0.25, -0.2) is 4.79 Å². The zero-order valence-corrected chi connectivity index (χ0v) is 17.1. The molecule has 0 saturated heterocycles. The maximum Gasteiger partial charge on any atom is 0.329 e. The number of hydrogen-bond acceptors (Lipinski definition) is 6. The molecule has 9 heteroatoms. The lowest BCUT2D eigenvalue weighted by atomic mass is 10.0. The van der Waals surface area contributed by atoms with Gasteiger partial charge in [-0.15, -0.1) is 0 Å². The maximum atomic E-state index is 12.8. The van der Waals surface area contributed by atoms with Gasteiger partial charge < -0.3 is 26.8 Å². The van der Waals surface area contributed by atoms with Crippen LogP contribution in [0.2, 0.25) is 0 Å². The van der Waals surface area contributed by atoms with Crippen LogP contribution in [0.3, 0.4) is 0 Å². The summed E-state index contributed by atoms with van der Waals surface area (Å²) in [6.07, 6.45) is 0.0802. The van der Waals surface area contributed by atoms with Gasteiger partial charge in [0, 0.05) is 12.8 Å². The maximum absolute atomic E-state index is 12.8. The van der Waals surface area contributed by atoms with Gasteiger partial charge in [-0.05, 0) is 32.8 Å². The molecule has 0 saturated carbocycles. The Morgan fingerprint density at radius 2 is 1.66 bits per heavy atom. The van der Waals surface area contributed by atoms with E-state index in [-0.39, 0.29) is 25.8 Å². The van der Waals surface area contributed by atoms with Crippen LogP contribution < -0.4 is 22.1 Å². The van der Waals surface area contributed by atoms with Gasteiger partial charge in [-0.2, -0.15) is 0 Å². The van der Waals surface area contributed by atoms with Crippen molar-refractivity contribution in [2.45, 2.75) is 57.7 Å². The third-order valence-corrected chi connectivity index (χ3v) is 3.81. The zero-order chi connectivity index (χ0) is 22.0. The average molecular weight is 406 g/mol. The SMILES string of the molecule is CC(C)(C)OC(=O)[C@H](CCC(N)=O)NC(=O)[C@H](Cc1ccccc1)NC(=O)CN. The molecule has 1 rings (SSSR count). The first-order valence-corrected chi connectivity index (χ1v) is 9.36. The quantitative estimate of drug-likeness (QED) is 0.393. The molecule has 0 bridgehead atoms. The normalized spacial score (nSPS) is 13.1. The monoisotopic (exact) mass is 406 g/mol. The lowest BCUT2D eigenvalue weighted by Gasteiger charge is -2.26. The molecule has 9 nitrogen and oxygen atoms in total. The number of amides is 3. The lowest BCUT2D eigenvalue weighted by Crippen LogP contribution is -2.54. The summed E-state index contributed by atoms with van der Waals surface area (Å²) in [6, 6.07) is 7.05. The fourth-order valence-corrected chi connectivity index (χ4v) is 2.49. The number of nitrogens with one attached hydrogen (secondary N) is 2. The van der Waals surface area contributed by atoms with Gasteiger partial charge >= 0.3 is 5.97 Å². The Labute approximate surface area is 170 Å². The molecule has 0 aliphatic rings. The van der Waals surface area contributed by atoms with E-state index in [1.165, 1.54) is 0 Å². The van der Waals surface area contributed by atoms with Crippen LogP contribution in [0.4, 0.5) is 0 Å². The largest absolute Gasteiger partial charge is 0.458 e. The van der Waals surface area contributed by atoms with E-state index in [1.807, 2.05) is 30.3 Å². The molecule has 0 fully saturated rings. The van der Waals surface area contributed by atoms with Crippen molar-refractivity contribution in [1.82, 2.24) is 10.6 Å². The second kappa shape index (κ2) is 11.2. The molecule has 1 aromatic rings. The topological polar surface area (TPSA) is 154 Å². The number of ether oxygens (including phenoxy) is 1. The fourth-order valence-electron chi connectivity index (χ4n) is 2.49. The van der Waals surface area contributed by atoms with Crippen molar-refractivity contribution in [3.8, 4) is 0 Å². The van der Waals surface area contributed by atoms with Gasteiger partial charge in [0.05, 0.1) is 6.54 Å². The van der Waals surface area contributed by atoms with Crippen molar-refractivity contribution in [3.63, 3.8) is 0 Å². The number of nitrogens with two attached hydrogens (primary N) is 2. The van der Waals surface area contributed by atoms with Crippen molar-refractivity contribution in [2.75, 3.05) is 6.54 Å². The number of benzene rings is 1. The summed E-state index contributed by atoms with van der Waals surface area (Å²) in [5, 5.41) is 5.12. The Morgan fingerprint density at radius 1 is 1.03 bits per heavy atom. The van der Waals surface area contributed by atoms with E-state index in [2.05, 4.69) is 10.6 Å². The van der Waals surface area contributed by atoms with Gasteiger partial charge in [-0.3, -0.25) is 14.4 Å². The smallest absolute Gasteiger partial charge is 0.329 e. The Bertz CT molecular complexity index is 715. The van der Waals surface area contributed by atoms with Crippen molar-refractivity contribution in [3.05, 3.63) is 35.9 Å². The summed E-state index contributed by atoms with van der Waals surface area (Å²) < 4.78 is 5.32. The van der Waals surface area contributed by atoms with Crippen molar-refractivity contribution >= 4 is 23.7 Å². The predicted octanol–water partition coefficient (Wildman–Crippen LogP) is -0.235. The van der Waals surface area contributed by atoms with E-state index in [1.54, 1.807) is 20.8 Å². The molecular formula is C20H30N4O5. The molecule has 6 N–H and O–H groups in total. The zero-order valence-electron chi connectivity index (χ0n) is 17.1. The molecule has 0 aromatic heterocycles. The lowest BCUT2D eigenvalue weighted by molar-refractivity contribution is -0.159. The van der Waals surface area contributed by atoms with Gasteiger partial charge in [0.1, 0.15) is 17.7 Å². The van der Waals surface area contributed by atoms with Crippen molar-refractivity contribution in [1.29, 1.82) is 0 Å². The highest BCUT2D eigenvalue weighted by Gasteiger charge is 2.30. The summed E-state index contributed by atoms with van der Waals surface area (Å²) in [5.74, 6) is -2.39. The molecule has 0 spiro atoms. The molecule has 0 radical (unpaired) electrons. The average Bonchev–Trinajstić information content (AvgIpc) is 2.63. The predicted molar refractivity (Wildman–Crippen MR) is 107 cm³/mol. The highest BCUT2D eigenvalue weighted by Crippen LogP contribution is 2.11. The van der Waals surface area contributed by atoms with Crippen LogP contribution >= 0.6 is 0 Å². The molecule has 0 aliphatic heterocycles. The van der Waals surface area contributed by atoms with Crippen LogP contribution in [-0.4, -0.2) is 47.9 Å². The molecular weight excluding hydrogens is 376 g/mol. The van der Waals surface area contributed by atoms with E-state index in [4.69, 9.17) is 16.2 Å². The molecule has 0 unspecified atom stereocenters. The van der Waals surface area contributed by atoms with E-state index in [0.717, 1.165) is 5.56 Å². The third-order valence-electron chi connectivity index (χ3n) is 3.81. The van der Waals surface area contributed by atoms with Crippen molar-refractivity contribution < 1.29 is 23.9 Å². The molecule has 0 heterocycles. The minimum Gasteiger partial charge on any atom is -0.458 e. The van der Waals surface area contributed by atoms with E-state index in [9.17, 15) is 19.2 Å². The highest BCUT2D eigenvalue weighted by molar-refractivity contribution is 5.91. The molecule has 3 amide bonds. The minimum absolute atomic E-state index is 0.0150. The van der Waals surface area contributed by atoms with E-state index >= 15 is 0 Å². The summed E-state index contributed by atoms with van der Waals surface area (Å²) in [7, 11) is 0. The fraction of sp³-hybridized carbons (Fsp3) is 0.500. The molecule has 0 aliphatic carbocycles. The first-order chi connectivity index (χ1) is 13.5. The van der Waals surface area contributed by atoms with Gasteiger partial charge in [0.15, 0.2) is 0 Å². The molecule has 2 atom stereocenters.